The van der Waals surface area contributed by atoms with Gasteiger partial charge < -0.3 is 0 Å². The molecule has 1 aliphatic rings. The highest BCUT2D eigenvalue weighted by molar-refractivity contribution is 6.04. The molecule has 2 heterocycles. The molecule has 0 fully saturated rings. The van der Waals surface area contributed by atoms with Crippen molar-refractivity contribution in [1.29, 1.82) is 0 Å². The maximum Gasteiger partial charge on any atom is 0.239 e. The van der Waals surface area contributed by atoms with Crippen molar-refractivity contribution in [2.45, 2.75) is 13.3 Å². The number of para-hydroxylation sites is 1. The monoisotopic (exact) mass is 308 g/mol. The van der Waals surface area contributed by atoms with E-state index in [2.05, 4.69) is 10.2 Å². The average molecular weight is 308 g/mol. The maximum absolute atomic E-state index is 13.9. The van der Waals surface area contributed by atoms with Gasteiger partial charge in [-0.3, -0.25) is 14.3 Å². The molecule has 0 saturated heterocycles. The standard InChI is InChI=1S/C17H13FN4O/c1-11-19-20-16-10-17(23)22(13-5-3-2-4-6-13)15-9-12(18)7-8-14(15)21(11)16/h2-9H,10H2,1H3. The number of carbonyl (C=O) groups excluding carboxylic acids is 1. The normalized spacial score (nSPS) is 13.5. The van der Waals surface area contributed by atoms with Crippen molar-refractivity contribution in [3.05, 3.63) is 66.0 Å². The van der Waals surface area contributed by atoms with Crippen LogP contribution in [0.1, 0.15) is 11.6 Å². The van der Waals surface area contributed by atoms with Gasteiger partial charge in [-0.1, -0.05) is 18.2 Å². The van der Waals surface area contributed by atoms with E-state index < -0.39 is 5.82 Å². The Labute approximate surface area is 132 Å². The molecule has 0 aliphatic carbocycles. The minimum atomic E-state index is -0.397. The van der Waals surface area contributed by atoms with Crippen LogP contribution >= 0.6 is 0 Å². The summed E-state index contributed by atoms with van der Waals surface area (Å²) in [6, 6.07) is 13.6. The molecule has 0 unspecified atom stereocenters. The lowest BCUT2D eigenvalue weighted by atomic mass is 10.2. The Balaban J connectivity index is 2.02. The van der Waals surface area contributed by atoms with E-state index in [9.17, 15) is 9.18 Å². The molecule has 3 aromatic rings. The lowest BCUT2D eigenvalue weighted by molar-refractivity contribution is -0.117. The fourth-order valence-electron chi connectivity index (χ4n) is 2.91. The summed E-state index contributed by atoms with van der Waals surface area (Å²) in [6.45, 7) is 1.81. The van der Waals surface area contributed by atoms with Crippen LogP contribution in [0.25, 0.3) is 5.69 Å². The number of aryl methyl sites for hydroxylation is 1. The van der Waals surface area contributed by atoms with Gasteiger partial charge in [-0.15, -0.1) is 10.2 Å². The Bertz CT molecular complexity index is 904. The predicted octanol–water partition coefficient (Wildman–Crippen LogP) is 2.94. The second-order valence-corrected chi connectivity index (χ2v) is 5.37. The van der Waals surface area contributed by atoms with Crippen molar-refractivity contribution >= 4 is 17.3 Å². The quantitative estimate of drug-likeness (QED) is 0.694. The highest BCUT2D eigenvalue weighted by Crippen LogP contribution is 2.35. The third-order valence-electron chi connectivity index (χ3n) is 3.88. The molecule has 1 aromatic heterocycles. The van der Waals surface area contributed by atoms with Crippen LogP contribution in [0.4, 0.5) is 15.8 Å². The van der Waals surface area contributed by atoms with E-state index in [4.69, 9.17) is 0 Å². The average Bonchev–Trinajstić information content (AvgIpc) is 2.84. The van der Waals surface area contributed by atoms with Crippen molar-refractivity contribution in [2.24, 2.45) is 0 Å². The van der Waals surface area contributed by atoms with Crippen LogP contribution in [0, 0.1) is 12.7 Å². The number of anilines is 2. The molecule has 2 aromatic carbocycles. The van der Waals surface area contributed by atoms with E-state index in [1.807, 2.05) is 37.3 Å². The lowest BCUT2D eigenvalue weighted by Crippen LogP contribution is -2.26. The largest absolute Gasteiger partial charge is 0.281 e. The highest BCUT2D eigenvalue weighted by Gasteiger charge is 2.29. The van der Waals surface area contributed by atoms with Crippen molar-refractivity contribution < 1.29 is 9.18 Å². The van der Waals surface area contributed by atoms with Crippen LogP contribution in [0.5, 0.6) is 0 Å². The fourth-order valence-corrected chi connectivity index (χ4v) is 2.91. The molecule has 0 radical (unpaired) electrons. The Morgan fingerprint density at radius 2 is 1.83 bits per heavy atom. The topological polar surface area (TPSA) is 51.0 Å². The molecule has 1 amide bonds. The summed E-state index contributed by atoms with van der Waals surface area (Å²) in [6.07, 6.45) is 0.103. The van der Waals surface area contributed by atoms with Gasteiger partial charge in [0.15, 0.2) is 0 Å². The Hall–Kier alpha value is -3.02. The Morgan fingerprint density at radius 1 is 1.04 bits per heavy atom. The van der Waals surface area contributed by atoms with E-state index >= 15 is 0 Å². The molecule has 0 N–H and O–H groups in total. The van der Waals surface area contributed by atoms with Gasteiger partial charge in [0.1, 0.15) is 17.5 Å². The third kappa shape index (κ3) is 2.11. The van der Waals surface area contributed by atoms with Crippen LogP contribution in [0.2, 0.25) is 0 Å². The molecule has 5 nitrogen and oxygen atoms in total. The molecular weight excluding hydrogens is 295 g/mol. The number of hydrogen-bond acceptors (Lipinski definition) is 3. The summed E-state index contributed by atoms with van der Waals surface area (Å²) in [4.78, 5) is 14.3. The van der Waals surface area contributed by atoms with Gasteiger partial charge in [0.05, 0.1) is 17.8 Å². The molecule has 0 atom stereocenters. The summed E-state index contributed by atoms with van der Waals surface area (Å²) >= 11 is 0. The number of fused-ring (bicyclic) bond motifs is 3. The minimum absolute atomic E-state index is 0.103. The van der Waals surface area contributed by atoms with Crippen LogP contribution < -0.4 is 4.90 Å². The van der Waals surface area contributed by atoms with Crippen LogP contribution in [0.3, 0.4) is 0 Å². The number of rotatable bonds is 1. The number of benzene rings is 2. The van der Waals surface area contributed by atoms with Gasteiger partial charge in [-0.2, -0.15) is 0 Å². The number of hydrogen-bond donors (Lipinski definition) is 0. The van der Waals surface area contributed by atoms with Gasteiger partial charge in [0.2, 0.25) is 5.91 Å². The van der Waals surface area contributed by atoms with Gasteiger partial charge in [-0.05, 0) is 31.2 Å². The first-order valence-corrected chi connectivity index (χ1v) is 7.24. The van der Waals surface area contributed by atoms with E-state index in [0.717, 1.165) is 0 Å². The van der Waals surface area contributed by atoms with Crippen molar-refractivity contribution in [3.63, 3.8) is 0 Å². The van der Waals surface area contributed by atoms with Crippen molar-refractivity contribution in [1.82, 2.24) is 14.8 Å². The first-order chi connectivity index (χ1) is 11.1. The van der Waals surface area contributed by atoms with Gasteiger partial charge in [0.25, 0.3) is 0 Å². The molecule has 4 rings (SSSR count). The fraction of sp³-hybridized carbons (Fsp3) is 0.118. The molecule has 23 heavy (non-hydrogen) atoms. The zero-order chi connectivity index (χ0) is 16.0. The van der Waals surface area contributed by atoms with Crippen LogP contribution in [-0.2, 0) is 11.2 Å². The maximum atomic E-state index is 13.9. The third-order valence-corrected chi connectivity index (χ3v) is 3.88. The van der Waals surface area contributed by atoms with E-state index in [0.29, 0.717) is 28.7 Å². The molecule has 0 saturated carbocycles. The first-order valence-electron chi connectivity index (χ1n) is 7.24. The summed E-state index contributed by atoms with van der Waals surface area (Å²) in [5, 5.41) is 8.13. The second kappa shape index (κ2) is 5.01. The van der Waals surface area contributed by atoms with E-state index in [-0.39, 0.29) is 12.3 Å². The Kier molecular flexibility index (Phi) is 2.97. The molecule has 1 aliphatic heterocycles. The predicted molar refractivity (Wildman–Crippen MR) is 83.3 cm³/mol. The number of nitrogens with zero attached hydrogens (tertiary/aromatic N) is 4. The van der Waals surface area contributed by atoms with Crippen molar-refractivity contribution in [2.75, 3.05) is 4.90 Å². The lowest BCUT2D eigenvalue weighted by Gasteiger charge is -2.23. The van der Waals surface area contributed by atoms with Crippen LogP contribution in [-0.4, -0.2) is 20.7 Å². The molecule has 114 valence electrons. The smallest absolute Gasteiger partial charge is 0.239 e. The summed E-state index contributed by atoms with van der Waals surface area (Å²) in [5.41, 5.74) is 1.88. The molecular formula is C17H13FN4O. The van der Waals surface area contributed by atoms with E-state index in [1.165, 1.54) is 17.0 Å². The summed E-state index contributed by atoms with van der Waals surface area (Å²) in [5.74, 6) is 0.648. The van der Waals surface area contributed by atoms with Gasteiger partial charge in [-0.25, -0.2) is 4.39 Å². The molecule has 0 spiro atoms. The van der Waals surface area contributed by atoms with Gasteiger partial charge >= 0.3 is 0 Å². The highest BCUT2D eigenvalue weighted by atomic mass is 19.1. The zero-order valence-corrected chi connectivity index (χ0v) is 12.4. The number of amides is 1. The molecule has 0 bridgehead atoms. The van der Waals surface area contributed by atoms with Gasteiger partial charge in [0, 0.05) is 11.8 Å². The first kappa shape index (κ1) is 13.6. The second-order valence-electron chi connectivity index (χ2n) is 5.37. The minimum Gasteiger partial charge on any atom is -0.281 e. The summed E-state index contributed by atoms with van der Waals surface area (Å²) < 4.78 is 15.7. The summed E-state index contributed by atoms with van der Waals surface area (Å²) in [7, 11) is 0. The number of halogens is 1. The zero-order valence-electron chi connectivity index (χ0n) is 12.4. The number of aromatic nitrogens is 3. The SMILES string of the molecule is Cc1nnc2n1-c1ccc(F)cc1N(c1ccccc1)C(=O)C2. The van der Waals surface area contributed by atoms with E-state index in [1.54, 1.807) is 10.6 Å². The Morgan fingerprint density at radius 3 is 2.61 bits per heavy atom. The van der Waals surface area contributed by atoms with Crippen molar-refractivity contribution in [3.8, 4) is 5.69 Å². The van der Waals surface area contributed by atoms with Crippen LogP contribution in [0.15, 0.2) is 48.5 Å². The molecule has 6 heteroatoms. The number of carbonyl (C=O) groups is 1.